The number of rotatable bonds is 2. The molecule has 1 atom stereocenters. The molecule has 1 aliphatic heterocycles. The van der Waals surface area contributed by atoms with Gasteiger partial charge in [0.1, 0.15) is 0 Å². The van der Waals surface area contributed by atoms with Crippen molar-refractivity contribution in [1.82, 2.24) is 9.88 Å². The molecule has 2 N–H and O–H groups in total. The third-order valence-corrected chi connectivity index (χ3v) is 4.18. The van der Waals surface area contributed by atoms with Gasteiger partial charge in [0, 0.05) is 24.7 Å². The number of carbonyl (C=O) groups is 1. The summed E-state index contributed by atoms with van der Waals surface area (Å²) in [6.45, 7) is 2.12. The van der Waals surface area contributed by atoms with E-state index in [4.69, 9.17) is 17.3 Å². The molecule has 0 aliphatic carbocycles. The first-order valence-electron chi connectivity index (χ1n) is 6.73. The van der Waals surface area contributed by atoms with Crippen molar-refractivity contribution in [2.45, 2.75) is 6.42 Å². The standard InChI is InChI=1S/C15H16ClN3O/c16-13-4-3-12(14-11(13)2-1-6-18-14)15(20)19-7-5-10(8-17)9-19/h1-4,6,10H,5,7-9,17H2. The van der Waals surface area contributed by atoms with E-state index in [1.54, 1.807) is 18.3 Å². The Labute approximate surface area is 122 Å². The molecule has 1 amide bonds. The van der Waals surface area contributed by atoms with Gasteiger partial charge in [0.15, 0.2) is 0 Å². The Kier molecular flexibility index (Phi) is 3.59. The van der Waals surface area contributed by atoms with E-state index in [9.17, 15) is 4.79 Å². The van der Waals surface area contributed by atoms with Gasteiger partial charge in [-0.3, -0.25) is 9.78 Å². The maximum Gasteiger partial charge on any atom is 0.256 e. The summed E-state index contributed by atoms with van der Waals surface area (Å²) >= 11 is 6.16. The highest BCUT2D eigenvalue weighted by Crippen LogP contribution is 2.27. The fourth-order valence-corrected chi connectivity index (χ4v) is 2.91. The summed E-state index contributed by atoms with van der Waals surface area (Å²) in [4.78, 5) is 18.8. The van der Waals surface area contributed by atoms with Crippen LogP contribution in [0.1, 0.15) is 16.8 Å². The van der Waals surface area contributed by atoms with E-state index in [0.717, 1.165) is 24.9 Å². The normalized spacial score (nSPS) is 18.7. The van der Waals surface area contributed by atoms with Crippen LogP contribution in [0.5, 0.6) is 0 Å². The van der Waals surface area contributed by atoms with Crippen molar-refractivity contribution in [2.24, 2.45) is 11.7 Å². The third kappa shape index (κ3) is 2.25. The predicted molar refractivity (Wildman–Crippen MR) is 79.8 cm³/mol. The molecule has 104 valence electrons. The highest BCUT2D eigenvalue weighted by molar-refractivity contribution is 6.36. The SMILES string of the molecule is NCC1CCN(C(=O)c2ccc(Cl)c3cccnc23)C1. The van der Waals surface area contributed by atoms with E-state index >= 15 is 0 Å². The predicted octanol–water partition coefficient (Wildman–Crippen LogP) is 2.31. The van der Waals surface area contributed by atoms with Gasteiger partial charge < -0.3 is 10.6 Å². The second kappa shape index (κ2) is 5.38. The monoisotopic (exact) mass is 289 g/mol. The number of likely N-dealkylation sites (tertiary alicyclic amines) is 1. The van der Waals surface area contributed by atoms with Gasteiger partial charge in [-0.25, -0.2) is 0 Å². The van der Waals surface area contributed by atoms with Crippen LogP contribution < -0.4 is 5.73 Å². The smallest absolute Gasteiger partial charge is 0.256 e. The molecule has 1 aromatic heterocycles. The van der Waals surface area contributed by atoms with Crippen LogP contribution in [0.4, 0.5) is 0 Å². The summed E-state index contributed by atoms with van der Waals surface area (Å²) in [5, 5.41) is 1.43. The summed E-state index contributed by atoms with van der Waals surface area (Å²) in [5.41, 5.74) is 6.96. The van der Waals surface area contributed by atoms with Gasteiger partial charge in [-0.05, 0) is 43.1 Å². The van der Waals surface area contributed by atoms with Gasteiger partial charge >= 0.3 is 0 Å². The molecule has 0 spiro atoms. The molecule has 1 aliphatic rings. The number of nitrogens with zero attached hydrogens (tertiary/aromatic N) is 2. The number of aromatic nitrogens is 1. The fraction of sp³-hybridized carbons (Fsp3) is 0.333. The van der Waals surface area contributed by atoms with E-state index in [1.807, 2.05) is 17.0 Å². The molecule has 2 aromatic rings. The maximum absolute atomic E-state index is 12.6. The van der Waals surface area contributed by atoms with Gasteiger partial charge in [0.05, 0.1) is 16.1 Å². The zero-order valence-electron chi connectivity index (χ0n) is 11.1. The van der Waals surface area contributed by atoms with Crippen LogP contribution in [0.3, 0.4) is 0 Å². The molecular formula is C15H16ClN3O. The molecule has 1 aromatic carbocycles. The number of hydrogen-bond acceptors (Lipinski definition) is 3. The van der Waals surface area contributed by atoms with Crippen LogP contribution in [-0.4, -0.2) is 35.4 Å². The molecule has 4 nitrogen and oxygen atoms in total. The minimum absolute atomic E-state index is 0.0151. The second-order valence-corrected chi connectivity index (χ2v) is 5.54. The Morgan fingerprint density at radius 1 is 1.45 bits per heavy atom. The number of halogens is 1. The Morgan fingerprint density at radius 2 is 2.30 bits per heavy atom. The van der Waals surface area contributed by atoms with Crippen molar-refractivity contribution in [3.63, 3.8) is 0 Å². The van der Waals surface area contributed by atoms with E-state index in [0.29, 0.717) is 28.6 Å². The Morgan fingerprint density at radius 3 is 3.05 bits per heavy atom. The lowest BCUT2D eigenvalue weighted by atomic mass is 10.1. The number of pyridine rings is 1. The highest BCUT2D eigenvalue weighted by atomic mass is 35.5. The van der Waals surface area contributed by atoms with E-state index in [-0.39, 0.29) is 5.91 Å². The average Bonchev–Trinajstić information content (AvgIpc) is 2.96. The van der Waals surface area contributed by atoms with E-state index in [2.05, 4.69) is 4.98 Å². The molecule has 1 fully saturated rings. The quantitative estimate of drug-likeness (QED) is 0.923. The van der Waals surface area contributed by atoms with Gasteiger partial charge in [-0.1, -0.05) is 11.6 Å². The van der Waals surface area contributed by atoms with Gasteiger partial charge in [0.25, 0.3) is 5.91 Å². The van der Waals surface area contributed by atoms with Crippen molar-refractivity contribution in [3.8, 4) is 0 Å². The summed E-state index contributed by atoms with van der Waals surface area (Å²) in [7, 11) is 0. The maximum atomic E-state index is 12.6. The minimum atomic E-state index is 0.0151. The lowest BCUT2D eigenvalue weighted by molar-refractivity contribution is 0.0789. The lowest BCUT2D eigenvalue weighted by Crippen LogP contribution is -2.30. The molecule has 3 rings (SSSR count). The number of hydrogen-bond donors (Lipinski definition) is 1. The zero-order valence-corrected chi connectivity index (χ0v) is 11.8. The Balaban J connectivity index is 1.98. The summed E-state index contributed by atoms with van der Waals surface area (Å²) in [5.74, 6) is 0.423. The van der Waals surface area contributed by atoms with Crippen LogP contribution in [0.15, 0.2) is 30.5 Å². The fourth-order valence-electron chi connectivity index (χ4n) is 2.69. The number of carbonyl (C=O) groups excluding carboxylic acids is 1. The minimum Gasteiger partial charge on any atom is -0.338 e. The van der Waals surface area contributed by atoms with Crippen LogP contribution >= 0.6 is 11.6 Å². The molecule has 5 heteroatoms. The van der Waals surface area contributed by atoms with Gasteiger partial charge in [-0.2, -0.15) is 0 Å². The van der Waals surface area contributed by atoms with Crippen LogP contribution in [0.25, 0.3) is 10.9 Å². The van der Waals surface area contributed by atoms with Gasteiger partial charge in [0.2, 0.25) is 0 Å². The molecule has 1 unspecified atom stereocenters. The zero-order chi connectivity index (χ0) is 14.1. The van der Waals surface area contributed by atoms with Crippen molar-refractivity contribution < 1.29 is 4.79 Å². The molecule has 2 heterocycles. The molecule has 1 saturated heterocycles. The van der Waals surface area contributed by atoms with E-state index in [1.165, 1.54) is 0 Å². The second-order valence-electron chi connectivity index (χ2n) is 5.14. The molecule has 0 saturated carbocycles. The van der Waals surface area contributed by atoms with Crippen molar-refractivity contribution in [1.29, 1.82) is 0 Å². The first-order chi connectivity index (χ1) is 9.70. The topological polar surface area (TPSA) is 59.2 Å². The largest absolute Gasteiger partial charge is 0.338 e. The molecule has 0 bridgehead atoms. The first kappa shape index (κ1) is 13.3. The summed E-state index contributed by atoms with van der Waals surface area (Å²) in [6, 6.07) is 7.22. The van der Waals surface area contributed by atoms with Crippen LogP contribution in [0.2, 0.25) is 5.02 Å². The molecule has 0 radical (unpaired) electrons. The summed E-state index contributed by atoms with van der Waals surface area (Å²) in [6.07, 6.45) is 2.66. The van der Waals surface area contributed by atoms with Crippen molar-refractivity contribution in [2.75, 3.05) is 19.6 Å². The lowest BCUT2D eigenvalue weighted by Gasteiger charge is -2.17. The summed E-state index contributed by atoms with van der Waals surface area (Å²) < 4.78 is 0. The Bertz CT molecular complexity index is 659. The Hall–Kier alpha value is -1.65. The van der Waals surface area contributed by atoms with Gasteiger partial charge in [-0.15, -0.1) is 0 Å². The van der Waals surface area contributed by atoms with Crippen molar-refractivity contribution in [3.05, 3.63) is 41.0 Å². The molecular weight excluding hydrogens is 274 g/mol. The van der Waals surface area contributed by atoms with E-state index < -0.39 is 0 Å². The number of benzene rings is 1. The van der Waals surface area contributed by atoms with Crippen LogP contribution in [-0.2, 0) is 0 Å². The number of fused-ring (bicyclic) bond motifs is 1. The number of nitrogens with two attached hydrogens (primary N) is 1. The number of amides is 1. The highest BCUT2D eigenvalue weighted by Gasteiger charge is 2.27. The van der Waals surface area contributed by atoms with Crippen LogP contribution in [0, 0.1) is 5.92 Å². The third-order valence-electron chi connectivity index (χ3n) is 3.85. The van der Waals surface area contributed by atoms with Crippen molar-refractivity contribution >= 4 is 28.4 Å². The molecule has 20 heavy (non-hydrogen) atoms. The first-order valence-corrected chi connectivity index (χ1v) is 7.11. The average molecular weight is 290 g/mol.